The molecule has 3 nitrogen and oxygen atoms in total. The third-order valence-corrected chi connectivity index (χ3v) is 6.54. The molecule has 5 atom stereocenters. The first-order valence-electron chi connectivity index (χ1n) is 8.83. The summed E-state index contributed by atoms with van der Waals surface area (Å²) in [4.78, 5) is 27.5. The van der Waals surface area contributed by atoms with Gasteiger partial charge in [-0.25, -0.2) is 4.90 Å². The van der Waals surface area contributed by atoms with Crippen LogP contribution >= 0.6 is 11.6 Å². The van der Waals surface area contributed by atoms with Crippen LogP contribution in [-0.4, -0.2) is 11.8 Å². The molecule has 2 aliphatic carbocycles. The number of hydrogen-bond acceptors (Lipinski definition) is 2. The van der Waals surface area contributed by atoms with Crippen LogP contribution in [0.25, 0.3) is 0 Å². The van der Waals surface area contributed by atoms with E-state index in [2.05, 4.69) is 24.3 Å². The molecule has 0 N–H and O–H groups in total. The third-order valence-electron chi connectivity index (χ3n) is 6.31. The number of halogens is 1. The maximum Gasteiger partial charge on any atom is 0.237 e. The van der Waals surface area contributed by atoms with Gasteiger partial charge >= 0.3 is 0 Å². The number of carbonyl (C=O) groups excluding carboxylic acids is 2. The van der Waals surface area contributed by atoms with Gasteiger partial charge < -0.3 is 0 Å². The van der Waals surface area contributed by atoms with E-state index in [0.29, 0.717) is 22.5 Å². The molecule has 5 rings (SSSR count). The Morgan fingerprint density at radius 1 is 0.880 bits per heavy atom. The molecule has 2 amide bonds. The summed E-state index contributed by atoms with van der Waals surface area (Å²) in [7, 11) is 0. The highest BCUT2D eigenvalue weighted by Crippen LogP contribution is 2.61. The second-order valence-electron chi connectivity index (χ2n) is 7.46. The molecule has 0 aromatic heterocycles. The Kier molecular flexibility index (Phi) is 3.29. The van der Waals surface area contributed by atoms with Crippen LogP contribution in [0.5, 0.6) is 0 Å². The number of benzene rings is 2. The molecule has 0 radical (unpaired) electrons. The number of hydrogen-bond donors (Lipinski definition) is 0. The highest BCUT2D eigenvalue weighted by Gasteiger charge is 2.64. The van der Waals surface area contributed by atoms with E-state index in [4.69, 9.17) is 11.6 Å². The summed E-state index contributed by atoms with van der Waals surface area (Å²) in [6.07, 6.45) is 2.01. The molecule has 1 heterocycles. The summed E-state index contributed by atoms with van der Waals surface area (Å²) in [6, 6.07) is 17.5. The fourth-order valence-corrected chi connectivity index (χ4v) is 5.60. The summed E-state index contributed by atoms with van der Waals surface area (Å²) in [6.45, 7) is 0. The Morgan fingerprint density at radius 3 is 2.40 bits per heavy atom. The van der Waals surface area contributed by atoms with E-state index in [0.717, 1.165) is 12.8 Å². The maximum atomic E-state index is 13.1. The number of carbonyl (C=O) groups is 2. The minimum Gasteiger partial charge on any atom is -0.274 e. The van der Waals surface area contributed by atoms with Crippen molar-refractivity contribution in [1.29, 1.82) is 0 Å². The fraction of sp³-hybridized carbons (Fsp3) is 0.333. The number of anilines is 1. The Hall–Kier alpha value is -2.13. The van der Waals surface area contributed by atoms with E-state index in [1.165, 1.54) is 10.5 Å². The van der Waals surface area contributed by atoms with Crippen molar-refractivity contribution in [3.8, 4) is 0 Å². The summed E-state index contributed by atoms with van der Waals surface area (Å²) >= 11 is 6.06. The topological polar surface area (TPSA) is 37.4 Å². The Balaban J connectivity index is 1.50. The minimum absolute atomic E-state index is 0.0312. The highest BCUT2D eigenvalue weighted by atomic mass is 35.5. The molecule has 1 aliphatic heterocycles. The lowest BCUT2D eigenvalue weighted by atomic mass is 9.73. The Bertz CT molecular complexity index is 865. The highest BCUT2D eigenvalue weighted by molar-refractivity contribution is 6.31. The van der Waals surface area contributed by atoms with Crippen molar-refractivity contribution in [3.63, 3.8) is 0 Å². The molecule has 1 saturated heterocycles. The van der Waals surface area contributed by atoms with Crippen molar-refractivity contribution in [3.05, 3.63) is 65.2 Å². The molecule has 25 heavy (non-hydrogen) atoms. The minimum atomic E-state index is -0.171. The van der Waals surface area contributed by atoms with Crippen LogP contribution in [0.2, 0.25) is 5.02 Å². The van der Waals surface area contributed by atoms with Crippen LogP contribution in [0.3, 0.4) is 0 Å². The zero-order valence-electron chi connectivity index (χ0n) is 13.6. The van der Waals surface area contributed by atoms with Gasteiger partial charge in [-0.1, -0.05) is 48.0 Å². The first-order chi connectivity index (χ1) is 12.1. The van der Waals surface area contributed by atoms with Gasteiger partial charge in [0.15, 0.2) is 0 Å². The monoisotopic (exact) mass is 351 g/mol. The van der Waals surface area contributed by atoms with Crippen LogP contribution in [0.1, 0.15) is 24.3 Å². The van der Waals surface area contributed by atoms with Crippen LogP contribution in [0.15, 0.2) is 54.6 Å². The van der Waals surface area contributed by atoms with Gasteiger partial charge in [0.25, 0.3) is 0 Å². The van der Waals surface area contributed by atoms with Gasteiger partial charge in [-0.3, -0.25) is 9.59 Å². The molecule has 126 valence electrons. The van der Waals surface area contributed by atoms with Crippen molar-refractivity contribution in [2.75, 3.05) is 4.90 Å². The fourth-order valence-electron chi connectivity index (χ4n) is 5.41. The third kappa shape index (κ3) is 2.12. The van der Waals surface area contributed by atoms with E-state index in [1.54, 1.807) is 24.3 Å². The van der Waals surface area contributed by atoms with Crippen LogP contribution in [0.4, 0.5) is 5.69 Å². The van der Waals surface area contributed by atoms with Gasteiger partial charge in [0, 0.05) is 5.02 Å². The largest absolute Gasteiger partial charge is 0.274 e. The molecule has 2 bridgehead atoms. The molecule has 3 aliphatic rings. The SMILES string of the molecule is O=C1C2C3CC(c4ccccc4)C(C3)C2C(=O)N1c1cccc(Cl)c1. The van der Waals surface area contributed by atoms with E-state index >= 15 is 0 Å². The second kappa shape index (κ2) is 5.43. The van der Waals surface area contributed by atoms with Gasteiger partial charge in [0.05, 0.1) is 17.5 Å². The van der Waals surface area contributed by atoms with Gasteiger partial charge in [-0.15, -0.1) is 0 Å². The van der Waals surface area contributed by atoms with Gasteiger partial charge in [0.1, 0.15) is 0 Å². The molecule has 3 fully saturated rings. The quantitative estimate of drug-likeness (QED) is 0.758. The maximum absolute atomic E-state index is 13.1. The molecule has 5 unspecified atom stereocenters. The number of amides is 2. The molecule has 2 aromatic carbocycles. The summed E-state index contributed by atoms with van der Waals surface area (Å²) < 4.78 is 0. The predicted molar refractivity (Wildman–Crippen MR) is 96.3 cm³/mol. The van der Waals surface area contributed by atoms with E-state index < -0.39 is 0 Å². The van der Waals surface area contributed by atoms with Crippen molar-refractivity contribution in [2.45, 2.75) is 18.8 Å². The molecule has 2 aromatic rings. The lowest BCUT2D eigenvalue weighted by Crippen LogP contribution is -2.32. The summed E-state index contributed by atoms with van der Waals surface area (Å²) in [5, 5.41) is 0.542. The zero-order chi connectivity index (χ0) is 17.1. The van der Waals surface area contributed by atoms with Gasteiger partial charge in [-0.2, -0.15) is 0 Å². The van der Waals surface area contributed by atoms with Crippen LogP contribution in [0, 0.1) is 23.7 Å². The van der Waals surface area contributed by atoms with Gasteiger partial charge in [-0.05, 0) is 54.4 Å². The average molecular weight is 352 g/mol. The second-order valence-corrected chi connectivity index (χ2v) is 7.89. The van der Waals surface area contributed by atoms with Crippen molar-refractivity contribution in [1.82, 2.24) is 0 Å². The van der Waals surface area contributed by atoms with Crippen LogP contribution < -0.4 is 4.90 Å². The first-order valence-corrected chi connectivity index (χ1v) is 9.21. The average Bonchev–Trinajstić information content (AvgIpc) is 3.27. The van der Waals surface area contributed by atoms with Crippen LogP contribution in [-0.2, 0) is 9.59 Å². The molecule has 4 heteroatoms. The summed E-state index contributed by atoms with van der Waals surface area (Å²) in [5.41, 5.74) is 1.91. The van der Waals surface area contributed by atoms with Crippen molar-refractivity contribution >= 4 is 29.1 Å². The lowest BCUT2D eigenvalue weighted by Gasteiger charge is -2.28. The number of fused-ring (bicyclic) bond motifs is 5. The zero-order valence-corrected chi connectivity index (χ0v) is 14.4. The first kappa shape index (κ1) is 15.2. The van der Waals surface area contributed by atoms with E-state index in [1.807, 2.05) is 6.07 Å². The van der Waals surface area contributed by atoms with Gasteiger partial charge in [0.2, 0.25) is 11.8 Å². The lowest BCUT2D eigenvalue weighted by molar-refractivity contribution is -0.123. The summed E-state index contributed by atoms with van der Waals surface area (Å²) in [5.74, 6) is 0.607. The molecule has 2 saturated carbocycles. The predicted octanol–water partition coefficient (Wildman–Crippen LogP) is 4.27. The molecular formula is C21H18ClNO2. The molecular weight excluding hydrogens is 334 g/mol. The number of nitrogens with zero attached hydrogens (tertiary/aromatic N) is 1. The number of imide groups is 1. The Morgan fingerprint density at radius 2 is 1.64 bits per heavy atom. The smallest absolute Gasteiger partial charge is 0.237 e. The standard InChI is InChI=1S/C21H18ClNO2/c22-14-7-4-8-15(11-14)23-20(24)18-13-9-16(12-5-2-1-3-6-12)17(10-13)19(18)21(23)25/h1-8,11,13,16-19H,9-10H2. The Labute approximate surface area is 151 Å². The van der Waals surface area contributed by atoms with E-state index in [-0.39, 0.29) is 29.6 Å². The molecule has 0 spiro atoms. The van der Waals surface area contributed by atoms with Crippen molar-refractivity contribution < 1.29 is 9.59 Å². The number of rotatable bonds is 2. The van der Waals surface area contributed by atoms with E-state index in [9.17, 15) is 9.59 Å². The normalized spacial score (nSPS) is 33.2. The van der Waals surface area contributed by atoms with Crippen molar-refractivity contribution in [2.24, 2.45) is 23.7 Å².